The van der Waals surface area contributed by atoms with E-state index in [1.807, 2.05) is 0 Å². The summed E-state index contributed by atoms with van der Waals surface area (Å²) < 4.78 is 34.8. The van der Waals surface area contributed by atoms with Gasteiger partial charge in [-0.1, -0.05) is 200 Å². The molecule has 0 aromatic rings. The van der Waals surface area contributed by atoms with Crippen LogP contribution in [0, 0.1) is 0 Å². The molecule has 0 spiro atoms. The van der Waals surface area contributed by atoms with Crippen molar-refractivity contribution in [2.75, 3.05) is 26.4 Å². The van der Waals surface area contributed by atoms with Crippen LogP contribution >= 0.6 is 0 Å². The quantitative estimate of drug-likeness (QED) is 0.0380. The van der Waals surface area contributed by atoms with Gasteiger partial charge in [-0.3, -0.25) is 9.59 Å². The lowest BCUT2D eigenvalue weighted by Gasteiger charge is -2.50. The zero-order valence-electron chi connectivity index (χ0n) is 51.0. The molecule has 0 radical (unpaired) electrons. The topological polar surface area (TPSA) is 373 Å². The van der Waals surface area contributed by atoms with Crippen molar-refractivity contribution in [3.05, 3.63) is 0 Å². The maximum Gasteiger partial charge on any atom is 0.364 e. The molecule has 3 rings (SSSR count). The Labute approximate surface area is 499 Å². The van der Waals surface area contributed by atoms with E-state index in [0.29, 0.717) is 19.3 Å². The van der Waals surface area contributed by atoms with Gasteiger partial charge in [0.05, 0.1) is 50.7 Å². The average molecular weight is 1210 g/mol. The summed E-state index contributed by atoms with van der Waals surface area (Å²) in [5.41, 5.74) is 0. The Morgan fingerprint density at radius 2 is 1.04 bits per heavy atom. The largest absolute Gasteiger partial charge is 0.477 e. The van der Waals surface area contributed by atoms with Crippen LogP contribution < -0.4 is 10.6 Å². The molecular formula is C61H114N2O21. The number of aliphatic hydroxyl groups excluding tert-OH is 11. The maximum absolute atomic E-state index is 13.4. The summed E-state index contributed by atoms with van der Waals surface area (Å²) in [7, 11) is 0. The van der Waals surface area contributed by atoms with Crippen LogP contribution in [0.4, 0.5) is 0 Å². The fraction of sp³-hybridized carbons (Fsp3) is 0.951. The van der Waals surface area contributed by atoms with Crippen LogP contribution in [0.2, 0.25) is 0 Å². The van der Waals surface area contributed by atoms with Gasteiger partial charge >= 0.3 is 5.97 Å². The van der Waals surface area contributed by atoms with Crippen molar-refractivity contribution in [1.82, 2.24) is 10.6 Å². The summed E-state index contributed by atoms with van der Waals surface area (Å²) in [6.45, 7) is 2.19. The minimum Gasteiger partial charge on any atom is -0.477 e. The number of amides is 2. The van der Waals surface area contributed by atoms with Crippen molar-refractivity contribution >= 4 is 17.8 Å². The van der Waals surface area contributed by atoms with Crippen molar-refractivity contribution in [1.29, 1.82) is 0 Å². The number of ether oxygens (including phenoxy) is 6. The average Bonchev–Trinajstić information content (AvgIpc) is 1.44. The second-order valence-corrected chi connectivity index (χ2v) is 24.0. The molecule has 84 heavy (non-hydrogen) atoms. The minimum absolute atomic E-state index is 0.229. The Bertz CT molecular complexity index is 1720. The number of unbranched alkanes of at least 4 members (excludes halogenated alkanes) is 28. The van der Waals surface area contributed by atoms with Gasteiger partial charge in [0.15, 0.2) is 12.6 Å². The fourth-order valence-electron chi connectivity index (χ4n) is 11.6. The Hall–Kier alpha value is -2.27. The van der Waals surface area contributed by atoms with Crippen LogP contribution in [-0.2, 0) is 42.8 Å². The van der Waals surface area contributed by atoms with Gasteiger partial charge in [0.2, 0.25) is 11.8 Å². The third-order valence-corrected chi connectivity index (χ3v) is 16.8. The molecule has 0 saturated carbocycles. The van der Waals surface area contributed by atoms with Crippen LogP contribution in [0.5, 0.6) is 0 Å². The Kier molecular flexibility index (Phi) is 39.3. The molecule has 3 aliphatic heterocycles. The van der Waals surface area contributed by atoms with Crippen molar-refractivity contribution in [3.63, 3.8) is 0 Å². The monoisotopic (exact) mass is 1210 g/mol. The predicted octanol–water partition coefficient (Wildman–Crippen LogP) is 4.17. The van der Waals surface area contributed by atoms with E-state index < -0.39 is 148 Å². The second-order valence-electron chi connectivity index (χ2n) is 24.0. The van der Waals surface area contributed by atoms with E-state index in [2.05, 4.69) is 24.5 Å². The highest BCUT2D eigenvalue weighted by molar-refractivity contribution is 5.77. The number of carboxylic acid groups (broad SMARTS) is 1. The summed E-state index contributed by atoms with van der Waals surface area (Å²) >= 11 is 0. The van der Waals surface area contributed by atoms with Gasteiger partial charge in [0, 0.05) is 19.8 Å². The molecule has 0 bridgehead atoms. The Morgan fingerprint density at radius 1 is 0.571 bits per heavy atom. The molecule has 14 N–H and O–H groups in total. The molecule has 494 valence electrons. The van der Waals surface area contributed by atoms with Crippen LogP contribution in [0.15, 0.2) is 0 Å². The first-order valence-electron chi connectivity index (χ1n) is 32.4. The SMILES string of the molecule is CCCCCCCCCCCCCCCCCCCC(=O)N[C@@H](CO[C@@H]1O[C@H](CO)[C@@H](O[C@@H]2O[C@H](CO)[C@H](O)[C@H](O[C@]3(C(=O)O)C[C@H](O)[C@@H](NC(C)=O)C([C@H](O)[C@H](O)CO)O3)[C@H]2O)[C@H](O)[C@H]1O)[C@H](O)CCCCCCCCCCCCCCC. The smallest absolute Gasteiger partial charge is 0.364 e. The highest BCUT2D eigenvalue weighted by atomic mass is 16.8. The second kappa shape index (κ2) is 43.4. The molecule has 23 nitrogen and oxygen atoms in total. The lowest BCUT2D eigenvalue weighted by Crippen LogP contribution is -2.70. The maximum atomic E-state index is 13.4. The number of aliphatic carboxylic acids is 1. The normalized spacial score (nSPS) is 29.7. The number of hydrogen-bond acceptors (Lipinski definition) is 20. The molecule has 3 saturated heterocycles. The summed E-state index contributed by atoms with van der Waals surface area (Å²) in [4.78, 5) is 38.4. The molecule has 0 aromatic carbocycles. The van der Waals surface area contributed by atoms with Crippen LogP contribution in [0.25, 0.3) is 0 Å². The van der Waals surface area contributed by atoms with E-state index in [1.54, 1.807) is 0 Å². The van der Waals surface area contributed by atoms with Gasteiger partial charge in [0.1, 0.15) is 67.1 Å². The first-order valence-corrected chi connectivity index (χ1v) is 32.4. The summed E-state index contributed by atoms with van der Waals surface area (Å²) in [5.74, 6) is -6.09. The summed E-state index contributed by atoms with van der Waals surface area (Å²) in [6, 6.07) is -2.52. The van der Waals surface area contributed by atoms with Gasteiger partial charge in [-0.15, -0.1) is 0 Å². The number of aliphatic hydroxyl groups is 11. The Balaban J connectivity index is 1.63. The van der Waals surface area contributed by atoms with E-state index in [-0.39, 0.29) is 18.9 Å². The van der Waals surface area contributed by atoms with Crippen molar-refractivity contribution in [2.24, 2.45) is 0 Å². The highest BCUT2D eigenvalue weighted by Gasteiger charge is 2.60. The lowest BCUT2D eigenvalue weighted by molar-refractivity contribution is -0.386. The fourth-order valence-corrected chi connectivity index (χ4v) is 11.6. The molecule has 1 unspecified atom stereocenters. The standard InChI is InChI=1S/C61H114N2O21/c1-4-6-8-10-12-14-16-18-19-20-21-23-25-27-29-31-33-35-48(71)63-42(43(68)34-32-30-28-26-24-22-17-15-13-11-9-7-5-2)40-79-58-53(75)52(74)55(47(39-66)81-58)82-59-54(76)57(51(73)46(38-65)80-59)84-61(60(77)78)36-44(69)49(62-41(3)67)56(83-61)50(72)45(70)37-64/h42-47,49-59,64-66,68-70,72-76H,4-40H2,1-3H3,(H,62,67)(H,63,71)(H,77,78)/t42-,43+,44-,45+,46+,47+,49+,50+,51-,52+,53+,54+,55+,56?,57-,58+,59-,61-/m0/s1. The number of hydrogen-bond donors (Lipinski definition) is 14. The van der Waals surface area contributed by atoms with Gasteiger partial charge in [-0.2, -0.15) is 0 Å². The number of carbonyl (C=O) groups is 3. The van der Waals surface area contributed by atoms with Gasteiger partial charge in [0.25, 0.3) is 5.79 Å². The van der Waals surface area contributed by atoms with Crippen LogP contribution in [-0.4, -0.2) is 215 Å². The minimum atomic E-state index is -3.08. The van der Waals surface area contributed by atoms with Gasteiger partial charge in [-0.25, -0.2) is 4.79 Å². The molecule has 2 amide bonds. The summed E-state index contributed by atoms with van der Waals surface area (Å²) in [5, 5.41) is 136. The first-order chi connectivity index (χ1) is 40.4. The zero-order valence-corrected chi connectivity index (χ0v) is 51.0. The molecule has 0 aromatic heterocycles. The van der Waals surface area contributed by atoms with Crippen LogP contribution in [0.3, 0.4) is 0 Å². The molecular weight excluding hydrogens is 1100 g/mol. The predicted molar refractivity (Wildman–Crippen MR) is 311 cm³/mol. The van der Waals surface area contributed by atoms with Gasteiger partial charge in [-0.05, 0) is 12.8 Å². The summed E-state index contributed by atoms with van der Waals surface area (Å²) in [6.07, 6.45) is 6.88. The number of carboxylic acids is 1. The molecule has 3 heterocycles. The van der Waals surface area contributed by atoms with Crippen LogP contribution in [0.1, 0.15) is 233 Å². The lowest BCUT2D eigenvalue weighted by atomic mass is 9.88. The van der Waals surface area contributed by atoms with E-state index in [1.165, 1.54) is 135 Å². The molecule has 0 aliphatic carbocycles. The van der Waals surface area contributed by atoms with Crippen molar-refractivity contribution in [2.45, 2.75) is 342 Å². The number of carbonyl (C=O) groups excluding carboxylic acids is 2. The highest BCUT2D eigenvalue weighted by Crippen LogP contribution is 2.38. The zero-order chi connectivity index (χ0) is 61.9. The van der Waals surface area contributed by atoms with E-state index >= 15 is 0 Å². The van der Waals surface area contributed by atoms with Crippen molar-refractivity contribution < 1.29 is 104 Å². The third-order valence-electron chi connectivity index (χ3n) is 16.8. The van der Waals surface area contributed by atoms with Crippen molar-refractivity contribution in [3.8, 4) is 0 Å². The molecule has 18 atom stereocenters. The number of rotatable bonds is 48. The van der Waals surface area contributed by atoms with E-state index in [0.717, 1.165) is 51.9 Å². The third kappa shape index (κ3) is 26.8. The molecule has 23 heteroatoms. The molecule has 3 aliphatic rings. The van der Waals surface area contributed by atoms with E-state index in [4.69, 9.17) is 28.4 Å². The van der Waals surface area contributed by atoms with E-state index in [9.17, 15) is 75.7 Å². The Morgan fingerprint density at radius 3 is 1.49 bits per heavy atom. The first kappa shape index (κ1) is 76.0. The molecule has 3 fully saturated rings. The van der Waals surface area contributed by atoms with Gasteiger partial charge < -0.3 is 100 Å². The number of nitrogens with one attached hydrogen (secondary N) is 2.